The van der Waals surface area contributed by atoms with Crippen LogP contribution < -0.4 is 4.72 Å². The Hall–Kier alpha value is -4.12. The molecule has 0 aliphatic rings. The smallest absolute Gasteiger partial charge is 0.338 e. The largest absolute Gasteiger partial charge is 0.454 e. The number of carbonyl (C=O) groups excluding carboxylic acids is 2. The molecule has 11 heteroatoms. The van der Waals surface area contributed by atoms with E-state index in [1.54, 1.807) is 0 Å². The van der Waals surface area contributed by atoms with E-state index in [1.165, 1.54) is 42.5 Å². The first kappa shape index (κ1) is 22.6. The fourth-order valence-corrected chi connectivity index (χ4v) is 3.69. The van der Waals surface area contributed by atoms with E-state index in [0.29, 0.717) is 0 Å². The maximum atomic E-state index is 13.0. The van der Waals surface area contributed by atoms with E-state index in [1.807, 2.05) is 0 Å². The van der Waals surface area contributed by atoms with Crippen LogP contribution in [0.1, 0.15) is 20.7 Å². The average Bonchev–Trinajstić information content (AvgIpc) is 2.78. The van der Waals surface area contributed by atoms with Gasteiger partial charge in [-0.25, -0.2) is 17.6 Å². The van der Waals surface area contributed by atoms with E-state index in [4.69, 9.17) is 4.74 Å². The first-order valence-corrected chi connectivity index (χ1v) is 10.5. The van der Waals surface area contributed by atoms with Crippen LogP contribution in [-0.4, -0.2) is 31.7 Å². The lowest BCUT2D eigenvalue weighted by molar-refractivity contribution is -0.384. The first-order valence-electron chi connectivity index (χ1n) is 8.99. The summed E-state index contributed by atoms with van der Waals surface area (Å²) in [5.74, 6) is -2.05. The molecule has 0 heterocycles. The number of benzene rings is 3. The minimum atomic E-state index is -4.07. The summed E-state index contributed by atoms with van der Waals surface area (Å²) >= 11 is 0. The second kappa shape index (κ2) is 9.35. The number of ketones is 1. The number of nitrogens with one attached hydrogen (secondary N) is 1. The van der Waals surface area contributed by atoms with E-state index in [9.17, 15) is 32.5 Å². The third kappa shape index (κ3) is 5.52. The van der Waals surface area contributed by atoms with Gasteiger partial charge >= 0.3 is 5.97 Å². The van der Waals surface area contributed by atoms with Crippen molar-refractivity contribution in [2.75, 3.05) is 11.3 Å². The predicted octanol–water partition coefficient (Wildman–Crippen LogP) is 3.57. The van der Waals surface area contributed by atoms with E-state index in [0.717, 1.165) is 30.3 Å². The monoisotopic (exact) mass is 458 g/mol. The highest BCUT2D eigenvalue weighted by Gasteiger charge is 2.18. The zero-order valence-electron chi connectivity index (χ0n) is 16.2. The molecule has 0 aliphatic heterocycles. The van der Waals surface area contributed by atoms with Gasteiger partial charge in [0.15, 0.2) is 12.4 Å². The number of carbonyl (C=O) groups is 2. The standard InChI is InChI=1S/C21H15FN2O7S/c22-16-6-8-17(9-7-16)23-32(29,30)19-3-1-2-15(12-19)21(26)31-13-20(25)14-4-10-18(11-5-14)24(27)28/h1-12,23H,13H2. The molecule has 9 nitrogen and oxygen atoms in total. The third-order valence-electron chi connectivity index (χ3n) is 4.21. The number of nitro benzene ring substituents is 1. The van der Waals surface area contributed by atoms with Crippen molar-refractivity contribution >= 4 is 33.2 Å². The average molecular weight is 458 g/mol. The van der Waals surface area contributed by atoms with Crippen LogP contribution in [0.4, 0.5) is 15.8 Å². The van der Waals surface area contributed by atoms with Crippen LogP contribution in [-0.2, 0) is 14.8 Å². The molecule has 0 amide bonds. The number of hydrogen-bond acceptors (Lipinski definition) is 7. The van der Waals surface area contributed by atoms with Crippen molar-refractivity contribution < 1.29 is 32.1 Å². The van der Waals surface area contributed by atoms with E-state index < -0.39 is 39.1 Å². The second-order valence-electron chi connectivity index (χ2n) is 6.44. The summed E-state index contributed by atoms with van der Waals surface area (Å²) in [6.45, 7) is -0.637. The van der Waals surface area contributed by atoms with Gasteiger partial charge in [0.1, 0.15) is 5.82 Å². The van der Waals surface area contributed by atoms with Crippen LogP contribution in [0, 0.1) is 15.9 Å². The SMILES string of the molecule is O=C(COC(=O)c1cccc(S(=O)(=O)Nc2ccc(F)cc2)c1)c1ccc([N+](=O)[O-])cc1. The predicted molar refractivity (Wildman–Crippen MR) is 111 cm³/mol. The summed E-state index contributed by atoms with van der Waals surface area (Å²) in [7, 11) is -4.07. The minimum Gasteiger partial charge on any atom is -0.454 e. The minimum absolute atomic E-state index is 0.108. The maximum Gasteiger partial charge on any atom is 0.338 e. The first-order chi connectivity index (χ1) is 15.2. The normalized spacial score (nSPS) is 10.9. The van der Waals surface area contributed by atoms with Crippen LogP contribution in [0.15, 0.2) is 77.7 Å². The molecular weight excluding hydrogens is 443 g/mol. The molecule has 0 spiro atoms. The van der Waals surface area contributed by atoms with Gasteiger partial charge in [-0.3, -0.25) is 19.6 Å². The number of Topliss-reactive ketones (excluding diaryl/α,β-unsaturated/α-hetero) is 1. The van der Waals surface area contributed by atoms with Gasteiger partial charge in [-0.1, -0.05) is 6.07 Å². The highest BCUT2D eigenvalue weighted by molar-refractivity contribution is 7.92. The van der Waals surface area contributed by atoms with Crippen LogP contribution >= 0.6 is 0 Å². The Balaban J connectivity index is 1.67. The Kier molecular flexibility index (Phi) is 6.59. The molecule has 0 unspecified atom stereocenters. The van der Waals surface area contributed by atoms with Crippen LogP contribution in [0.3, 0.4) is 0 Å². The highest BCUT2D eigenvalue weighted by Crippen LogP contribution is 2.18. The summed E-state index contributed by atoms with van der Waals surface area (Å²) in [4.78, 5) is 34.2. The van der Waals surface area contributed by atoms with Gasteiger partial charge in [-0.05, 0) is 54.6 Å². The Morgan fingerprint density at radius 2 is 1.62 bits per heavy atom. The maximum absolute atomic E-state index is 13.0. The molecule has 32 heavy (non-hydrogen) atoms. The molecule has 1 N–H and O–H groups in total. The fraction of sp³-hybridized carbons (Fsp3) is 0.0476. The van der Waals surface area contributed by atoms with E-state index in [2.05, 4.69) is 4.72 Å². The van der Waals surface area contributed by atoms with Crippen molar-refractivity contribution in [3.05, 3.63) is 99.9 Å². The number of sulfonamides is 1. The Morgan fingerprint density at radius 3 is 2.25 bits per heavy atom. The van der Waals surface area contributed by atoms with Gasteiger partial charge in [0.05, 0.1) is 15.4 Å². The van der Waals surface area contributed by atoms with Crippen molar-refractivity contribution in [1.82, 2.24) is 0 Å². The summed E-state index contributed by atoms with van der Waals surface area (Å²) in [5.41, 5.74) is -0.0504. The fourth-order valence-electron chi connectivity index (χ4n) is 2.59. The lowest BCUT2D eigenvalue weighted by Gasteiger charge is -2.09. The molecule has 164 valence electrons. The third-order valence-corrected chi connectivity index (χ3v) is 5.59. The second-order valence-corrected chi connectivity index (χ2v) is 8.13. The van der Waals surface area contributed by atoms with Crippen molar-refractivity contribution in [3.63, 3.8) is 0 Å². The molecule has 3 rings (SSSR count). The van der Waals surface area contributed by atoms with Gasteiger partial charge in [0, 0.05) is 23.4 Å². The van der Waals surface area contributed by atoms with Gasteiger partial charge in [0.25, 0.3) is 15.7 Å². The van der Waals surface area contributed by atoms with Crippen molar-refractivity contribution in [1.29, 1.82) is 0 Å². The number of hydrogen-bond donors (Lipinski definition) is 1. The molecule has 0 aromatic heterocycles. The number of rotatable bonds is 8. The summed E-state index contributed by atoms with van der Waals surface area (Å²) in [6, 6.07) is 14.4. The Morgan fingerprint density at radius 1 is 0.969 bits per heavy atom. The van der Waals surface area contributed by atoms with Crippen LogP contribution in [0.5, 0.6) is 0 Å². The van der Waals surface area contributed by atoms with Crippen LogP contribution in [0.2, 0.25) is 0 Å². The van der Waals surface area contributed by atoms with Gasteiger partial charge in [-0.2, -0.15) is 0 Å². The number of halogens is 1. The molecule has 0 fully saturated rings. The van der Waals surface area contributed by atoms with Gasteiger partial charge < -0.3 is 4.74 Å². The molecule has 0 radical (unpaired) electrons. The lowest BCUT2D eigenvalue weighted by Crippen LogP contribution is -2.16. The molecular formula is C21H15FN2O7S. The quantitative estimate of drug-likeness (QED) is 0.236. The molecule has 0 aliphatic carbocycles. The van der Waals surface area contributed by atoms with E-state index >= 15 is 0 Å². The number of esters is 1. The molecule has 0 atom stereocenters. The molecule has 0 bridgehead atoms. The number of non-ortho nitro benzene ring substituents is 1. The summed E-state index contributed by atoms with van der Waals surface area (Å²) < 4.78 is 45.3. The zero-order chi connectivity index (χ0) is 23.3. The Bertz CT molecular complexity index is 1270. The van der Waals surface area contributed by atoms with E-state index in [-0.39, 0.29) is 27.4 Å². The molecule has 3 aromatic carbocycles. The number of anilines is 1. The van der Waals surface area contributed by atoms with Crippen molar-refractivity contribution in [3.8, 4) is 0 Å². The lowest BCUT2D eigenvalue weighted by atomic mass is 10.1. The zero-order valence-corrected chi connectivity index (χ0v) is 17.0. The molecule has 0 saturated carbocycles. The van der Waals surface area contributed by atoms with Crippen LogP contribution in [0.25, 0.3) is 0 Å². The molecule has 3 aromatic rings. The molecule has 0 saturated heterocycles. The number of ether oxygens (including phenoxy) is 1. The highest BCUT2D eigenvalue weighted by atomic mass is 32.2. The summed E-state index contributed by atoms with van der Waals surface area (Å²) in [6.07, 6.45) is 0. The summed E-state index contributed by atoms with van der Waals surface area (Å²) in [5, 5.41) is 10.7. The topological polar surface area (TPSA) is 133 Å². The Labute approximate surface area is 181 Å². The number of nitro groups is 1. The van der Waals surface area contributed by atoms with Crippen molar-refractivity contribution in [2.45, 2.75) is 4.90 Å². The van der Waals surface area contributed by atoms with Gasteiger partial charge in [0.2, 0.25) is 0 Å². The van der Waals surface area contributed by atoms with Crippen molar-refractivity contribution in [2.24, 2.45) is 0 Å². The number of nitrogens with zero attached hydrogens (tertiary/aromatic N) is 1. The van der Waals surface area contributed by atoms with Gasteiger partial charge in [-0.15, -0.1) is 0 Å².